The van der Waals surface area contributed by atoms with E-state index in [2.05, 4.69) is 27.7 Å². The van der Waals surface area contributed by atoms with Gasteiger partial charge in [0.25, 0.3) is 0 Å². The summed E-state index contributed by atoms with van der Waals surface area (Å²) in [6, 6.07) is 0. The number of rotatable bonds is 6. The summed E-state index contributed by atoms with van der Waals surface area (Å²) in [5.41, 5.74) is 0.603. The van der Waals surface area contributed by atoms with Crippen LogP contribution in [-0.2, 0) is 0 Å². The van der Waals surface area contributed by atoms with Gasteiger partial charge in [-0.15, -0.1) is 0 Å². The van der Waals surface area contributed by atoms with Gasteiger partial charge in [-0.3, -0.25) is 0 Å². The molecule has 0 spiro atoms. The van der Waals surface area contributed by atoms with Crippen molar-refractivity contribution < 1.29 is 0 Å². The Hall–Kier alpha value is 0. The molecule has 0 nitrogen and oxygen atoms in total. The first-order valence-corrected chi connectivity index (χ1v) is 6.59. The van der Waals surface area contributed by atoms with Gasteiger partial charge < -0.3 is 0 Å². The van der Waals surface area contributed by atoms with Crippen LogP contribution in [0.15, 0.2) is 0 Å². The normalized spacial score (nSPS) is 20.6. The second kappa shape index (κ2) is 5.19. The van der Waals surface area contributed by atoms with E-state index < -0.39 is 0 Å². The monoisotopic (exact) mass is 196 g/mol. The Morgan fingerprint density at radius 2 is 1.86 bits per heavy atom. The minimum atomic E-state index is 0.603. The van der Waals surface area contributed by atoms with E-state index in [1.165, 1.54) is 44.9 Å². The van der Waals surface area contributed by atoms with Gasteiger partial charge in [0, 0.05) is 0 Å². The lowest BCUT2D eigenvalue weighted by Crippen LogP contribution is -2.35. The first-order valence-electron chi connectivity index (χ1n) is 6.59. The van der Waals surface area contributed by atoms with Crippen LogP contribution in [0.1, 0.15) is 72.6 Å². The highest BCUT2D eigenvalue weighted by Gasteiger charge is 2.37. The zero-order chi connectivity index (χ0) is 10.6. The fourth-order valence-electron chi connectivity index (χ4n) is 2.63. The molecular formula is C14H28. The number of hydrogen-bond acceptors (Lipinski definition) is 0. The van der Waals surface area contributed by atoms with E-state index in [-0.39, 0.29) is 0 Å². The summed E-state index contributed by atoms with van der Waals surface area (Å²) in [5, 5.41) is 0. The summed E-state index contributed by atoms with van der Waals surface area (Å²) in [7, 11) is 0. The Kier molecular flexibility index (Phi) is 4.47. The lowest BCUT2D eigenvalue weighted by molar-refractivity contribution is 0.0575. The van der Waals surface area contributed by atoms with Gasteiger partial charge in [-0.1, -0.05) is 59.8 Å². The van der Waals surface area contributed by atoms with Gasteiger partial charge in [0.05, 0.1) is 0 Å². The van der Waals surface area contributed by atoms with Crippen molar-refractivity contribution in [1.82, 2.24) is 0 Å². The average molecular weight is 196 g/mol. The maximum atomic E-state index is 2.49. The van der Waals surface area contributed by atoms with E-state index in [0.717, 1.165) is 11.8 Å². The molecule has 0 N–H and O–H groups in total. The van der Waals surface area contributed by atoms with E-state index in [4.69, 9.17) is 0 Å². The van der Waals surface area contributed by atoms with Crippen molar-refractivity contribution in [2.45, 2.75) is 72.6 Å². The predicted octanol–water partition coefficient (Wildman–Crippen LogP) is 5.03. The Morgan fingerprint density at radius 3 is 2.29 bits per heavy atom. The molecule has 0 aliphatic heterocycles. The third-order valence-electron chi connectivity index (χ3n) is 4.67. The minimum absolute atomic E-state index is 0.603. The van der Waals surface area contributed by atoms with Gasteiger partial charge in [0.15, 0.2) is 0 Å². The Bertz CT molecular complexity index is 153. The molecular weight excluding hydrogens is 168 g/mol. The molecule has 0 aromatic carbocycles. The molecule has 0 heterocycles. The van der Waals surface area contributed by atoms with Crippen LogP contribution in [0.4, 0.5) is 0 Å². The third kappa shape index (κ3) is 2.74. The van der Waals surface area contributed by atoms with Gasteiger partial charge >= 0.3 is 0 Å². The first-order chi connectivity index (χ1) is 6.59. The molecule has 0 amide bonds. The SMILES string of the molecule is CCCCCC(C)C(C)(C)C1CCC1. The molecule has 0 aromatic rings. The van der Waals surface area contributed by atoms with E-state index >= 15 is 0 Å². The number of unbranched alkanes of at least 4 members (excludes halogenated alkanes) is 2. The zero-order valence-corrected chi connectivity index (χ0v) is 10.6. The molecule has 14 heavy (non-hydrogen) atoms. The van der Waals surface area contributed by atoms with Gasteiger partial charge in [0.1, 0.15) is 0 Å². The molecule has 0 bridgehead atoms. The maximum absolute atomic E-state index is 2.49. The minimum Gasteiger partial charge on any atom is -0.0654 e. The van der Waals surface area contributed by atoms with E-state index in [0.29, 0.717) is 5.41 Å². The molecule has 1 saturated carbocycles. The summed E-state index contributed by atoms with van der Waals surface area (Å²) in [6.07, 6.45) is 10.1. The largest absolute Gasteiger partial charge is 0.0654 e. The van der Waals surface area contributed by atoms with Gasteiger partial charge in [-0.05, 0) is 30.1 Å². The first kappa shape index (κ1) is 12.1. The topological polar surface area (TPSA) is 0 Å². The summed E-state index contributed by atoms with van der Waals surface area (Å²) < 4.78 is 0. The van der Waals surface area contributed by atoms with Crippen LogP contribution in [0.3, 0.4) is 0 Å². The Morgan fingerprint density at radius 1 is 1.21 bits per heavy atom. The van der Waals surface area contributed by atoms with Crippen LogP contribution in [0.5, 0.6) is 0 Å². The molecule has 1 aliphatic carbocycles. The molecule has 0 radical (unpaired) electrons. The molecule has 84 valence electrons. The van der Waals surface area contributed by atoms with Crippen LogP contribution in [-0.4, -0.2) is 0 Å². The van der Waals surface area contributed by atoms with Crippen molar-refractivity contribution in [3.05, 3.63) is 0 Å². The van der Waals surface area contributed by atoms with Crippen molar-refractivity contribution in [2.24, 2.45) is 17.3 Å². The lowest BCUT2D eigenvalue weighted by Gasteiger charge is -2.44. The Balaban J connectivity index is 2.29. The van der Waals surface area contributed by atoms with Gasteiger partial charge in [-0.2, -0.15) is 0 Å². The van der Waals surface area contributed by atoms with Crippen molar-refractivity contribution >= 4 is 0 Å². The fraction of sp³-hybridized carbons (Fsp3) is 1.00. The van der Waals surface area contributed by atoms with Gasteiger partial charge in [0.2, 0.25) is 0 Å². The highest BCUT2D eigenvalue weighted by molar-refractivity contribution is 4.87. The van der Waals surface area contributed by atoms with Crippen molar-refractivity contribution in [1.29, 1.82) is 0 Å². The molecule has 1 aliphatic rings. The van der Waals surface area contributed by atoms with Crippen LogP contribution in [0.25, 0.3) is 0 Å². The summed E-state index contributed by atoms with van der Waals surface area (Å²) in [4.78, 5) is 0. The van der Waals surface area contributed by atoms with Crippen molar-refractivity contribution in [2.75, 3.05) is 0 Å². The lowest BCUT2D eigenvalue weighted by atomic mass is 9.61. The van der Waals surface area contributed by atoms with Crippen molar-refractivity contribution in [3.63, 3.8) is 0 Å². The quantitative estimate of drug-likeness (QED) is 0.523. The highest BCUT2D eigenvalue weighted by atomic mass is 14.4. The third-order valence-corrected chi connectivity index (χ3v) is 4.67. The molecule has 1 unspecified atom stereocenters. The number of hydrogen-bond donors (Lipinski definition) is 0. The molecule has 0 saturated heterocycles. The van der Waals surface area contributed by atoms with Crippen LogP contribution in [0, 0.1) is 17.3 Å². The van der Waals surface area contributed by atoms with Gasteiger partial charge in [-0.25, -0.2) is 0 Å². The molecule has 1 atom stereocenters. The summed E-state index contributed by atoms with van der Waals surface area (Å²) in [5.74, 6) is 1.94. The van der Waals surface area contributed by atoms with E-state index in [1.807, 2.05) is 0 Å². The van der Waals surface area contributed by atoms with Crippen LogP contribution < -0.4 is 0 Å². The maximum Gasteiger partial charge on any atom is -0.0300 e. The van der Waals surface area contributed by atoms with Crippen LogP contribution >= 0.6 is 0 Å². The predicted molar refractivity (Wildman–Crippen MR) is 64.4 cm³/mol. The zero-order valence-electron chi connectivity index (χ0n) is 10.6. The average Bonchev–Trinajstić information content (AvgIpc) is 2.00. The molecule has 0 heteroatoms. The second-order valence-electron chi connectivity index (χ2n) is 5.85. The van der Waals surface area contributed by atoms with E-state index in [1.54, 1.807) is 0 Å². The Labute approximate surface area is 90.5 Å². The summed E-state index contributed by atoms with van der Waals surface area (Å²) in [6.45, 7) is 9.75. The molecule has 0 aromatic heterocycles. The highest BCUT2D eigenvalue weighted by Crippen LogP contribution is 2.47. The smallest absolute Gasteiger partial charge is 0.0300 e. The second-order valence-corrected chi connectivity index (χ2v) is 5.85. The summed E-state index contributed by atoms with van der Waals surface area (Å²) >= 11 is 0. The van der Waals surface area contributed by atoms with Crippen LogP contribution in [0.2, 0.25) is 0 Å². The molecule has 1 fully saturated rings. The molecule has 1 rings (SSSR count). The van der Waals surface area contributed by atoms with Crippen molar-refractivity contribution in [3.8, 4) is 0 Å². The standard InChI is InChI=1S/C14H28/c1-5-6-7-9-12(2)14(3,4)13-10-8-11-13/h12-13H,5-11H2,1-4H3. The fourth-order valence-corrected chi connectivity index (χ4v) is 2.63. The van der Waals surface area contributed by atoms with E-state index in [9.17, 15) is 0 Å².